The number of allylic oxidation sites excluding steroid dienone is 1. The molecular weight excluding hydrogens is 188 g/mol. The summed E-state index contributed by atoms with van der Waals surface area (Å²) in [6, 6.07) is 0. The lowest BCUT2D eigenvalue weighted by molar-refractivity contribution is -0.157. The van der Waals surface area contributed by atoms with Gasteiger partial charge < -0.3 is 4.74 Å². The average molecular weight is 208 g/mol. The van der Waals surface area contributed by atoms with Crippen molar-refractivity contribution in [3.63, 3.8) is 0 Å². The third-order valence-electron chi connectivity index (χ3n) is 2.87. The number of carbonyl (C=O) groups is 1. The molecule has 0 radical (unpaired) electrons. The Kier molecular flexibility index (Phi) is 2.84. The number of hydrogen-bond donors (Lipinski definition) is 0. The molecule has 1 saturated carbocycles. The van der Waals surface area contributed by atoms with Gasteiger partial charge in [0.15, 0.2) is 0 Å². The van der Waals surface area contributed by atoms with Crippen LogP contribution in [0.4, 0.5) is 0 Å². The molecule has 0 N–H and O–H groups in total. The predicted molar refractivity (Wildman–Crippen MR) is 60.3 cm³/mol. The molecule has 2 nitrogen and oxygen atoms in total. The van der Waals surface area contributed by atoms with Crippen molar-refractivity contribution in [1.29, 1.82) is 0 Å². The van der Waals surface area contributed by atoms with Gasteiger partial charge in [-0.15, -0.1) is 5.73 Å². The Labute approximate surface area is 92.0 Å². The molecule has 1 aliphatic carbocycles. The normalized spacial score (nSPS) is 27.8. The molecule has 0 aromatic heterocycles. The number of carbonyl (C=O) groups excluding carboxylic acids is 1. The van der Waals surface area contributed by atoms with Gasteiger partial charge in [-0.1, -0.05) is 20.4 Å². The summed E-state index contributed by atoms with van der Waals surface area (Å²) in [6.07, 6.45) is 1.87. The molecule has 0 aromatic carbocycles. The minimum atomic E-state index is -0.405. The maximum absolute atomic E-state index is 11.8. The van der Waals surface area contributed by atoms with Crippen molar-refractivity contribution in [3.05, 3.63) is 18.4 Å². The van der Waals surface area contributed by atoms with Gasteiger partial charge in [-0.2, -0.15) is 0 Å². The molecule has 0 aliphatic heterocycles. The summed E-state index contributed by atoms with van der Waals surface area (Å²) in [5, 5.41) is 0. The highest BCUT2D eigenvalue weighted by atomic mass is 16.6. The van der Waals surface area contributed by atoms with Crippen molar-refractivity contribution >= 4 is 5.97 Å². The fourth-order valence-corrected chi connectivity index (χ4v) is 1.93. The Morgan fingerprint density at radius 3 is 2.40 bits per heavy atom. The zero-order valence-corrected chi connectivity index (χ0v) is 10.3. The highest BCUT2D eigenvalue weighted by Crippen LogP contribution is 2.59. The van der Waals surface area contributed by atoms with E-state index in [1.807, 2.05) is 26.8 Å². The summed E-state index contributed by atoms with van der Waals surface area (Å²) in [4.78, 5) is 11.8. The number of esters is 1. The Bertz CT molecular complexity index is 314. The highest BCUT2D eigenvalue weighted by molar-refractivity contribution is 5.78. The van der Waals surface area contributed by atoms with Crippen LogP contribution >= 0.6 is 0 Å². The first-order chi connectivity index (χ1) is 6.70. The van der Waals surface area contributed by atoms with E-state index in [0.29, 0.717) is 0 Å². The first-order valence-corrected chi connectivity index (χ1v) is 5.29. The molecule has 1 rings (SSSR count). The van der Waals surface area contributed by atoms with Crippen LogP contribution in [-0.4, -0.2) is 11.6 Å². The number of hydrogen-bond acceptors (Lipinski definition) is 2. The van der Waals surface area contributed by atoms with Gasteiger partial charge >= 0.3 is 5.97 Å². The SMILES string of the molecule is C=C=C[C@H]1[C@@H](C(=O)OC(C)(C)C)C1(C)C. The van der Waals surface area contributed by atoms with Crippen LogP contribution in [-0.2, 0) is 9.53 Å². The topological polar surface area (TPSA) is 26.3 Å². The van der Waals surface area contributed by atoms with Crippen molar-refractivity contribution in [1.82, 2.24) is 0 Å². The lowest BCUT2D eigenvalue weighted by atomic mass is 10.1. The van der Waals surface area contributed by atoms with Gasteiger partial charge in [-0.3, -0.25) is 4.79 Å². The summed E-state index contributed by atoms with van der Waals surface area (Å²) in [5.74, 6) is 0.0832. The largest absolute Gasteiger partial charge is 0.460 e. The molecule has 1 fully saturated rings. The minimum Gasteiger partial charge on any atom is -0.460 e. The summed E-state index contributed by atoms with van der Waals surface area (Å²) >= 11 is 0. The van der Waals surface area contributed by atoms with Crippen molar-refractivity contribution in [2.45, 2.75) is 40.2 Å². The highest BCUT2D eigenvalue weighted by Gasteiger charge is 2.61. The summed E-state index contributed by atoms with van der Waals surface area (Å²) < 4.78 is 5.37. The Morgan fingerprint density at radius 1 is 1.47 bits per heavy atom. The zero-order valence-electron chi connectivity index (χ0n) is 10.3. The molecule has 84 valence electrons. The van der Waals surface area contributed by atoms with Crippen LogP contribution in [0.2, 0.25) is 0 Å². The number of ether oxygens (including phenoxy) is 1. The van der Waals surface area contributed by atoms with Crippen molar-refractivity contribution in [2.75, 3.05) is 0 Å². The van der Waals surface area contributed by atoms with E-state index >= 15 is 0 Å². The minimum absolute atomic E-state index is 0.00692. The molecule has 0 spiro atoms. The van der Waals surface area contributed by atoms with Crippen LogP contribution in [0.1, 0.15) is 34.6 Å². The van der Waals surface area contributed by atoms with E-state index in [2.05, 4.69) is 26.2 Å². The van der Waals surface area contributed by atoms with Gasteiger partial charge in [-0.05, 0) is 32.3 Å². The maximum Gasteiger partial charge on any atom is 0.310 e. The third-order valence-corrected chi connectivity index (χ3v) is 2.87. The lowest BCUT2D eigenvalue weighted by Crippen LogP contribution is -2.26. The quantitative estimate of drug-likeness (QED) is 0.515. The lowest BCUT2D eigenvalue weighted by Gasteiger charge is -2.19. The molecule has 0 heterocycles. The Hall–Kier alpha value is -1.01. The Balaban J connectivity index is 2.68. The summed E-state index contributed by atoms with van der Waals surface area (Å²) in [7, 11) is 0. The van der Waals surface area contributed by atoms with Crippen LogP contribution in [0.15, 0.2) is 18.4 Å². The van der Waals surface area contributed by atoms with E-state index < -0.39 is 5.60 Å². The molecule has 15 heavy (non-hydrogen) atoms. The van der Waals surface area contributed by atoms with Crippen LogP contribution in [0.25, 0.3) is 0 Å². The fraction of sp³-hybridized carbons (Fsp3) is 0.692. The molecule has 0 unspecified atom stereocenters. The zero-order chi connectivity index (χ0) is 11.9. The smallest absolute Gasteiger partial charge is 0.310 e. The van der Waals surface area contributed by atoms with Gasteiger partial charge in [0.1, 0.15) is 5.60 Å². The second kappa shape index (κ2) is 3.53. The van der Waals surface area contributed by atoms with Crippen LogP contribution in [0, 0.1) is 17.3 Å². The average Bonchev–Trinajstić information content (AvgIpc) is 2.50. The summed E-state index contributed by atoms with van der Waals surface area (Å²) in [5.41, 5.74) is 2.34. The van der Waals surface area contributed by atoms with Gasteiger partial charge in [0.05, 0.1) is 5.92 Å². The van der Waals surface area contributed by atoms with Gasteiger partial charge in [-0.25, -0.2) is 0 Å². The molecule has 1 aliphatic rings. The maximum atomic E-state index is 11.8. The van der Waals surface area contributed by atoms with Crippen LogP contribution < -0.4 is 0 Å². The second-order valence-corrected chi connectivity index (χ2v) is 5.73. The van der Waals surface area contributed by atoms with E-state index in [-0.39, 0.29) is 23.2 Å². The molecule has 0 bridgehead atoms. The predicted octanol–water partition coefficient (Wildman–Crippen LogP) is 2.94. The van der Waals surface area contributed by atoms with Gasteiger partial charge in [0.2, 0.25) is 0 Å². The Morgan fingerprint density at radius 2 is 2.00 bits per heavy atom. The molecule has 2 heteroatoms. The molecule has 0 aromatic rings. The fourth-order valence-electron chi connectivity index (χ4n) is 1.93. The first kappa shape index (κ1) is 12.1. The molecule has 2 atom stereocenters. The van der Waals surface area contributed by atoms with E-state index in [0.717, 1.165) is 0 Å². The summed E-state index contributed by atoms with van der Waals surface area (Å²) in [6.45, 7) is 13.3. The monoisotopic (exact) mass is 208 g/mol. The van der Waals surface area contributed by atoms with E-state index in [1.54, 1.807) is 0 Å². The second-order valence-electron chi connectivity index (χ2n) is 5.73. The molecule has 0 saturated heterocycles. The first-order valence-electron chi connectivity index (χ1n) is 5.29. The van der Waals surface area contributed by atoms with Crippen LogP contribution in [0.3, 0.4) is 0 Å². The van der Waals surface area contributed by atoms with Gasteiger partial charge in [0, 0.05) is 5.92 Å². The van der Waals surface area contributed by atoms with Crippen LogP contribution in [0.5, 0.6) is 0 Å². The van der Waals surface area contributed by atoms with Crippen molar-refractivity contribution < 1.29 is 9.53 Å². The van der Waals surface area contributed by atoms with Gasteiger partial charge in [0.25, 0.3) is 0 Å². The van der Waals surface area contributed by atoms with E-state index in [1.165, 1.54) is 0 Å². The third kappa shape index (κ3) is 2.51. The molecular formula is C13H20O2. The van der Waals surface area contributed by atoms with E-state index in [9.17, 15) is 4.79 Å². The van der Waals surface area contributed by atoms with E-state index in [4.69, 9.17) is 4.74 Å². The number of rotatable bonds is 2. The molecule has 0 amide bonds. The van der Waals surface area contributed by atoms with Crippen molar-refractivity contribution in [3.8, 4) is 0 Å². The standard InChI is InChI=1S/C13H20O2/c1-7-8-9-10(13(9,5)6)11(14)15-12(2,3)4/h8-10H,1H2,2-6H3/t9-,10-/m0/s1. The van der Waals surface area contributed by atoms with Crippen molar-refractivity contribution in [2.24, 2.45) is 17.3 Å².